The molecule has 0 aliphatic carbocycles. The quantitative estimate of drug-likeness (QED) is 0.416. The Morgan fingerprint density at radius 1 is 1.07 bits per heavy atom. The van der Waals surface area contributed by atoms with Crippen LogP contribution in [-0.4, -0.2) is 68.6 Å². The smallest absolute Gasteiger partial charge is 0.191 e. The van der Waals surface area contributed by atoms with Crippen LogP contribution in [0.5, 0.6) is 0 Å². The van der Waals surface area contributed by atoms with E-state index < -0.39 is 0 Å². The van der Waals surface area contributed by atoms with Crippen molar-refractivity contribution in [3.05, 3.63) is 24.2 Å². The fraction of sp³-hybridized carbons (Fsp3) is 0.762. The third-order valence-electron chi connectivity index (χ3n) is 5.78. The largest absolute Gasteiger partial charge is 0.468 e. The van der Waals surface area contributed by atoms with Crippen molar-refractivity contribution in [3.63, 3.8) is 0 Å². The van der Waals surface area contributed by atoms with Gasteiger partial charge in [0.15, 0.2) is 5.96 Å². The Hall–Kier alpha value is -1.53. The van der Waals surface area contributed by atoms with Crippen molar-refractivity contribution in [1.82, 2.24) is 20.4 Å². The molecule has 3 rings (SSSR count). The van der Waals surface area contributed by atoms with Crippen molar-refractivity contribution in [1.29, 1.82) is 0 Å². The Morgan fingerprint density at radius 3 is 2.48 bits per heavy atom. The van der Waals surface area contributed by atoms with E-state index in [4.69, 9.17) is 4.42 Å². The van der Waals surface area contributed by atoms with Gasteiger partial charge >= 0.3 is 0 Å². The summed E-state index contributed by atoms with van der Waals surface area (Å²) < 4.78 is 5.70. The van der Waals surface area contributed by atoms with E-state index in [1.165, 1.54) is 58.2 Å². The average molecular weight is 376 g/mol. The van der Waals surface area contributed by atoms with Crippen LogP contribution in [0, 0.1) is 0 Å². The van der Waals surface area contributed by atoms with Gasteiger partial charge in [-0.05, 0) is 77.0 Å². The molecule has 6 nitrogen and oxygen atoms in total. The summed E-state index contributed by atoms with van der Waals surface area (Å²) in [6.45, 7) is 7.81. The second-order valence-electron chi connectivity index (χ2n) is 7.76. The molecule has 0 aromatic carbocycles. The Labute approximate surface area is 164 Å². The van der Waals surface area contributed by atoms with Crippen molar-refractivity contribution in [2.24, 2.45) is 4.99 Å². The zero-order valence-electron chi connectivity index (χ0n) is 17.0. The molecular formula is C21H37N5O. The lowest BCUT2D eigenvalue weighted by atomic mass is 10.2. The first-order valence-corrected chi connectivity index (χ1v) is 10.8. The van der Waals surface area contributed by atoms with Crippen LogP contribution in [0.1, 0.15) is 56.7 Å². The van der Waals surface area contributed by atoms with Gasteiger partial charge in [0.05, 0.1) is 12.3 Å². The van der Waals surface area contributed by atoms with Crippen LogP contribution in [0.4, 0.5) is 0 Å². The van der Waals surface area contributed by atoms with Crippen molar-refractivity contribution in [2.45, 2.75) is 51.0 Å². The predicted molar refractivity (Wildman–Crippen MR) is 111 cm³/mol. The second kappa shape index (κ2) is 11.3. The standard InChI is InChI=1S/C21H37N5O/c1-22-21(23-11-9-14-25-12-4-2-3-5-13-25)24-18-19(20-10-8-17-27-20)26-15-6-7-16-26/h8,10,17,19H,2-7,9,11-16,18H2,1H3,(H2,22,23,24). The molecule has 0 spiro atoms. The van der Waals surface area contributed by atoms with Crippen molar-refractivity contribution in [3.8, 4) is 0 Å². The summed E-state index contributed by atoms with van der Waals surface area (Å²) in [6.07, 6.45) is 11.0. The van der Waals surface area contributed by atoms with E-state index in [9.17, 15) is 0 Å². The van der Waals surface area contributed by atoms with Crippen LogP contribution >= 0.6 is 0 Å². The molecule has 1 atom stereocenters. The Morgan fingerprint density at radius 2 is 1.81 bits per heavy atom. The minimum atomic E-state index is 0.276. The monoisotopic (exact) mass is 375 g/mol. The van der Waals surface area contributed by atoms with Crippen LogP contribution in [0.3, 0.4) is 0 Å². The van der Waals surface area contributed by atoms with E-state index in [-0.39, 0.29) is 6.04 Å². The van der Waals surface area contributed by atoms with Crippen LogP contribution < -0.4 is 10.6 Å². The molecule has 152 valence electrons. The number of nitrogens with one attached hydrogen (secondary N) is 2. The number of furan rings is 1. The van der Waals surface area contributed by atoms with Crippen LogP contribution in [0.25, 0.3) is 0 Å². The van der Waals surface area contributed by atoms with Gasteiger partial charge in [-0.2, -0.15) is 0 Å². The highest BCUT2D eigenvalue weighted by Gasteiger charge is 2.25. The topological polar surface area (TPSA) is 56.0 Å². The minimum Gasteiger partial charge on any atom is -0.468 e. The maximum atomic E-state index is 5.70. The van der Waals surface area contributed by atoms with E-state index in [2.05, 4.69) is 31.5 Å². The third-order valence-corrected chi connectivity index (χ3v) is 5.78. The molecular weight excluding hydrogens is 338 g/mol. The first kappa shape index (κ1) is 20.2. The van der Waals surface area contributed by atoms with E-state index in [1.54, 1.807) is 6.26 Å². The number of guanidine groups is 1. The Balaban J connectivity index is 1.39. The summed E-state index contributed by atoms with van der Waals surface area (Å²) in [5.74, 6) is 1.93. The number of rotatable bonds is 8. The Kier molecular flexibility index (Phi) is 8.49. The highest BCUT2D eigenvalue weighted by atomic mass is 16.3. The lowest BCUT2D eigenvalue weighted by Crippen LogP contribution is -2.43. The highest BCUT2D eigenvalue weighted by Crippen LogP contribution is 2.24. The molecule has 0 radical (unpaired) electrons. The van der Waals surface area contributed by atoms with Gasteiger partial charge in [0.2, 0.25) is 0 Å². The molecule has 1 unspecified atom stereocenters. The van der Waals surface area contributed by atoms with Crippen LogP contribution in [0.15, 0.2) is 27.8 Å². The summed E-state index contributed by atoms with van der Waals surface area (Å²) >= 11 is 0. The molecule has 1 aromatic rings. The van der Waals surface area contributed by atoms with Crippen molar-refractivity contribution in [2.75, 3.05) is 52.9 Å². The van der Waals surface area contributed by atoms with Gasteiger partial charge in [-0.3, -0.25) is 9.89 Å². The van der Waals surface area contributed by atoms with Crippen molar-refractivity contribution < 1.29 is 4.42 Å². The molecule has 0 saturated carbocycles. The molecule has 2 aliphatic rings. The number of nitrogens with zero attached hydrogens (tertiary/aromatic N) is 3. The first-order chi connectivity index (χ1) is 13.4. The van der Waals surface area contributed by atoms with Crippen LogP contribution in [0.2, 0.25) is 0 Å². The summed E-state index contributed by atoms with van der Waals surface area (Å²) in [6, 6.07) is 4.34. The molecule has 0 bridgehead atoms. The zero-order valence-corrected chi connectivity index (χ0v) is 17.0. The summed E-state index contributed by atoms with van der Waals surface area (Å²) in [7, 11) is 1.85. The molecule has 2 fully saturated rings. The number of likely N-dealkylation sites (tertiary alicyclic amines) is 2. The number of aliphatic imine (C=N–C) groups is 1. The SMILES string of the molecule is CN=C(NCCCN1CCCCCC1)NCC(c1ccco1)N1CCCC1. The number of hydrogen-bond donors (Lipinski definition) is 2. The van der Waals surface area contributed by atoms with E-state index in [0.717, 1.165) is 44.3 Å². The first-order valence-electron chi connectivity index (χ1n) is 10.8. The molecule has 6 heteroatoms. The lowest BCUT2D eigenvalue weighted by Gasteiger charge is -2.27. The molecule has 0 amide bonds. The van der Waals surface area contributed by atoms with Gasteiger partial charge in [0.25, 0.3) is 0 Å². The van der Waals surface area contributed by atoms with Gasteiger partial charge < -0.3 is 20.0 Å². The maximum Gasteiger partial charge on any atom is 0.191 e. The molecule has 2 saturated heterocycles. The Bertz CT molecular complexity index is 531. The molecule has 1 aromatic heterocycles. The van der Waals surface area contributed by atoms with Gasteiger partial charge in [0, 0.05) is 20.1 Å². The van der Waals surface area contributed by atoms with E-state index in [1.807, 2.05) is 13.1 Å². The van der Waals surface area contributed by atoms with Gasteiger partial charge in [-0.25, -0.2) is 0 Å². The highest BCUT2D eigenvalue weighted by molar-refractivity contribution is 5.79. The van der Waals surface area contributed by atoms with Gasteiger partial charge in [-0.1, -0.05) is 12.8 Å². The maximum absolute atomic E-state index is 5.70. The molecule has 2 aliphatic heterocycles. The number of hydrogen-bond acceptors (Lipinski definition) is 4. The fourth-order valence-electron chi connectivity index (χ4n) is 4.23. The van der Waals surface area contributed by atoms with Crippen LogP contribution in [-0.2, 0) is 0 Å². The summed E-state index contributed by atoms with van der Waals surface area (Å²) in [4.78, 5) is 9.53. The average Bonchev–Trinajstić information content (AvgIpc) is 3.35. The van der Waals surface area contributed by atoms with E-state index in [0.29, 0.717) is 0 Å². The van der Waals surface area contributed by atoms with Gasteiger partial charge in [0.1, 0.15) is 5.76 Å². The zero-order chi connectivity index (χ0) is 18.7. The van der Waals surface area contributed by atoms with E-state index >= 15 is 0 Å². The minimum absolute atomic E-state index is 0.276. The predicted octanol–water partition coefficient (Wildman–Crippen LogP) is 2.85. The molecule has 27 heavy (non-hydrogen) atoms. The molecule has 2 N–H and O–H groups in total. The van der Waals surface area contributed by atoms with Crippen molar-refractivity contribution >= 4 is 5.96 Å². The third kappa shape index (κ3) is 6.54. The normalized spacial score (nSPS) is 21.1. The summed E-state index contributed by atoms with van der Waals surface area (Å²) in [5, 5.41) is 6.99. The molecule has 3 heterocycles. The second-order valence-corrected chi connectivity index (χ2v) is 7.76. The van der Waals surface area contributed by atoms with Gasteiger partial charge in [-0.15, -0.1) is 0 Å². The lowest BCUT2D eigenvalue weighted by molar-refractivity contribution is 0.215. The fourth-order valence-corrected chi connectivity index (χ4v) is 4.23. The summed E-state index contributed by atoms with van der Waals surface area (Å²) in [5.41, 5.74) is 0.